The van der Waals surface area contributed by atoms with Crippen LogP contribution in [0.15, 0.2) is 54.7 Å². The van der Waals surface area contributed by atoms with Crippen molar-refractivity contribution in [2.45, 2.75) is 26.4 Å². The number of nitrogens with zero attached hydrogens (tertiary/aromatic N) is 2. The Labute approximate surface area is 175 Å². The van der Waals surface area contributed by atoms with Gasteiger partial charge in [-0.1, -0.05) is 47.5 Å². The maximum atomic E-state index is 6.05. The van der Waals surface area contributed by atoms with Crippen molar-refractivity contribution in [2.24, 2.45) is 0 Å². The van der Waals surface area contributed by atoms with E-state index in [1.807, 2.05) is 62.4 Å². The summed E-state index contributed by atoms with van der Waals surface area (Å²) in [5.41, 5.74) is 3.50. The molecule has 146 valence electrons. The topological polar surface area (TPSA) is 47.0 Å². The molecule has 3 rings (SSSR count). The highest BCUT2D eigenvalue weighted by Crippen LogP contribution is 2.31. The molecule has 3 aromatic rings. The summed E-state index contributed by atoms with van der Waals surface area (Å²) >= 11 is 12.1. The third-order valence-corrected chi connectivity index (χ3v) is 4.59. The fourth-order valence-corrected chi connectivity index (χ4v) is 2.96. The number of aromatic nitrogens is 2. The van der Waals surface area contributed by atoms with Crippen LogP contribution in [0.1, 0.15) is 20.3 Å². The molecule has 28 heavy (non-hydrogen) atoms. The largest absolute Gasteiger partial charge is 0.379 e. The van der Waals surface area contributed by atoms with Gasteiger partial charge in [-0.3, -0.25) is 4.98 Å². The van der Waals surface area contributed by atoms with Gasteiger partial charge in [0, 0.05) is 34.3 Å². The minimum atomic E-state index is 0.245. The highest BCUT2D eigenvalue weighted by molar-refractivity contribution is 6.31. The minimum Gasteiger partial charge on any atom is -0.379 e. The van der Waals surface area contributed by atoms with E-state index in [1.165, 1.54) is 0 Å². The number of rotatable bonds is 8. The molecule has 0 aliphatic rings. The van der Waals surface area contributed by atoms with Gasteiger partial charge in [-0.15, -0.1) is 0 Å². The Hall–Kier alpha value is -2.14. The van der Waals surface area contributed by atoms with Crippen LogP contribution < -0.4 is 5.32 Å². The molecule has 0 spiro atoms. The number of hydrogen-bond donors (Lipinski definition) is 1. The molecule has 0 amide bonds. The molecule has 0 unspecified atom stereocenters. The summed E-state index contributed by atoms with van der Waals surface area (Å²) in [5.74, 6) is 0.729. The SMILES string of the molecule is CC(C)OCCCNc1cnc(-c2ccc(Cl)cc2)c(-c2ccc(Cl)cc2)n1. The van der Waals surface area contributed by atoms with Gasteiger partial charge in [0.05, 0.1) is 23.7 Å². The fourth-order valence-electron chi connectivity index (χ4n) is 2.71. The fraction of sp³-hybridized carbons (Fsp3) is 0.273. The Morgan fingerprint density at radius 1 is 0.893 bits per heavy atom. The molecular formula is C22H23Cl2N3O. The summed E-state index contributed by atoms with van der Waals surface area (Å²) in [6.45, 7) is 5.55. The number of ether oxygens (including phenoxy) is 1. The van der Waals surface area contributed by atoms with Crippen molar-refractivity contribution < 1.29 is 4.74 Å². The molecule has 0 radical (unpaired) electrons. The van der Waals surface area contributed by atoms with Crippen LogP contribution in [-0.4, -0.2) is 29.2 Å². The lowest BCUT2D eigenvalue weighted by Gasteiger charge is -2.13. The number of halogens is 2. The molecule has 0 aliphatic carbocycles. The van der Waals surface area contributed by atoms with Crippen molar-refractivity contribution in [3.8, 4) is 22.5 Å². The first-order valence-electron chi connectivity index (χ1n) is 9.27. The second-order valence-electron chi connectivity index (χ2n) is 6.67. The zero-order chi connectivity index (χ0) is 19.9. The second kappa shape index (κ2) is 9.87. The number of nitrogens with one attached hydrogen (secondary N) is 1. The lowest BCUT2D eigenvalue weighted by atomic mass is 10.0. The van der Waals surface area contributed by atoms with Crippen molar-refractivity contribution in [2.75, 3.05) is 18.5 Å². The quantitative estimate of drug-likeness (QED) is 0.435. The monoisotopic (exact) mass is 415 g/mol. The van der Waals surface area contributed by atoms with Gasteiger partial charge in [0.25, 0.3) is 0 Å². The summed E-state index contributed by atoms with van der Waals surface area (Å²) in [4.78, 5) is 9.49. The van der Waals surface area contributed by atoms with Crippen LogP contribution in [-0.2, 0) is 4.74 Å². The van der Waals surface area contributed by atoms with E-state index in [0.717, 1.165) is 41.3 Å². The second-order valence-corrected chi connectivity index (χ2v) is 7.54. The highest BCUT2D eigenvalue weighted by atomic mass is 35.5. The molecule has 6 heteroatoms. The predicted molar refractivity (Wildman–Crippen MR) is 117 cm³/mol. The number of benzene rings is 2. The van der Waals surface area contributed by atoms with Gasteiger partial charge in [-0.2, -0.15) is 0 Å². The van der Waals surface area contributed by atoms with Crippen molar-refractivity contribution in [3.63, 3.8) is 0 Å². The zero-order valence-electron chi connectivity index (χ0n) is 16.0. The first kappa shape index (κ1) is 20.6. The molecule has 1 aromatic heterocycles. The molecule has 4 nitrogen and oxygen atoms in total. The van der Waals surface area contributed by atoms with Gasteiger partial charge in [-0.05, 0) is 44.5 Å². The van der Waals surface area contributed by atoms with Crippen molar-refractivity contribution in [1.29, 1.82) is 0 Å². The Kier molecular flexibility index (Phi) is 7.26. The van der Waals surface area contributed by atoms with E-state index >= 15 is 0 Å². The predicted octanol–water partition coefficient (Wildman–Crippen LogP) is 6.34. The first-order valence-corrected chi connectivity index (χ1v) is 10.0. The molecule has 1 N–H and O–H groups in total. The van der Waals surface area contributed by atoms with E-state index in [4.69, 9.17) is 32.9 Å². The number of hydrogen-bond acceptors (Lipinski definition) is 4. The van der Waals surface area contributed by atoms with Crippen LogP contribution in [0.4, 0.5) is 5.82 Å². The Bertz CT molecular complexity index is 897. The van der Waals surface area contributed by atoms with E-state index in [0.29, 0.717) is 16.7 Å². The van der Waals surface area contributed by atoms with Crippen LogP contribution >= 0.6 is 23.2 Å². The molecule has 0 atom stereocenters. The van der Waals surface area contributed by atoms with Crippen LogP contribution in [0.3, 0.4) is 0 Å². The van der Waals surface area contributed by atoms with Crippen LogP contribution in [0.2, 0.25) is 10.0 Å². The van der Waals surface area contributed by atoms with Crippen molar-refractivity contribution >= 4 is 29.0 Å². The Balaban J connectivity index is 1.85. The number of anilines is 1. The minimum absolute atomic E-state index is 0.245. The van der Waals surface area contributed by atoms with E-state index in [2.05, 4.69) is 10.3 Å². The van der Waals surface area contributed by atoms with E-state index < -0.39 is 0 Å². The van der Waals surface area contributed by atoms with Crippen molar-refractivity contribution in [1.82, 2.24) is 9.97 Å². The molecule has 0 saturated carbocycles. The van der Waals surface area contributed by atoms with Gasteiger partial charge in [0.1, 0.15) is 5.82 Å². The normalized spacial score (nSPS) is 11.0. The third-order valence-electron chi connectivity index (χ3n) is 4.09. The summed E-state index contributed by atoms with van der Waals surface area (Å²) in [6.07, 6.45) is 2.90. The van der Waals surface area contributed by atoms with E-state index in [9.17, 15) is 0 Å². The summed E-state index contributed by atoms with van der Waals surface area (Å²) in [5, 5.41) is 4.70. The molecule has 0 aliphatic heterocycles. The summed E-state index contributed by atoms with van der Waals surface area (Å²) in [7, 11) is 0. The Morgan fingerprint density at radius 3 is 2.04 bits per heavy atom. The van der Waals surface area contributed by atoms with Crippen LogP contribution in [0, 0.1) is 0 Å². The average molecular weight is 416 g/mol. The first-order chi connectivity index (χ1) is 13.5. The molecule has 0 saturated heterocycles. The lowest BCUT2D eigenvalue weighted by molar-refractivity contribution is 0.0787. The Morgan fingerprint density at radius 2 is 1.46 bits per heavy atom. The third kappa shape index (κ3) is 5.68. The van der Waals surface area contributed by atoms with Gasteiger partial charge < -0.3 is 10.1 Å². The lowest BCUT2D eigenvalue weighted by Crippen LogP contribution is -2.10. The van der Waals surface area contributed by atoms with Crippen molar-refractivity contribution in [3.05, 3.63) is 64.8 Å². The summed E-state index contributed by atoms with van der Waals surface area (Å²) in [6, 6.07) is 15.2. The maximum Gasteiger partial charge on any atom is 0.145 e. The highest BCUT2D eigenvalue weighted by Gasteiger charge is 2.12. The van der Waals surface area contributed by atoms with Gasteiger partial charge in [-0.25, -0.2) is 4.98 Å². The molecule has 2 aromatic carbocycles. The van der Waals surface area contributed by atoms with Crippen LogP contribution in [0.5, 0.6) is 0 Å². The zero-order valence-corrected chi connectivity index (χ0v) is 17.5. The van der Waals surface area contributed by atoms with Gasteiger partial charge in [0.2, 0.25) is 0 Å². The molecular weight excluding hydrogens is 393 g/mol. The van der Waals surface area contributed by atoms with Gasteiger partial charge >= 0.3 is 0 Å². The maximum absolute atomic E-state index is 6.05. The summed E-state index contributed by atoms with van der Waals surface area (Å²) < 4.78 is 5.57. The molecule has 0 fully saturated rings. The van der Waals surface area contributed by atoms with E-state index in [-0.39, 0.29) is 6.10 Å². The van der Waals surface area contributed by atoms with Crippen LogP contribution in [0.25, 0.3) is 22.5 Å². The molecule has 1 heterocycles. The molecule has 0 bridgehead atoms. The van der Waals surface area contributed by atoms with Gasteiger partial charge in [0.15, 0.2) is 0 Å². The average Bonchev–Trinajstić information content (AvgIpc) is 2.69. The van der Waals surface area contributed by atoms with E-state index in [1.54, 1.807) is 6.20 Å². The smallest absolute Gasteiger partial charge is 0.145 e. The standard InChI is InChI=1S/C22H23Cl2N3O/c1-15(2)28-13-3-12-25-20-14-26-21(16-4-8-18(23)9-5-16)22(27-20)17-6-10-19(24)11-7-17/h4-11,14-15H,3,12-13H2,1-2H3,(H,25,27).